The Labute approximate surface area is 181 Å². The summed E-state index contributed by atoms with van der Waals surface area (Å²) in [6, 6.07) is 13.2. The van der Waals surface area contributed by atoms with E-state index in [-0.39, 0.29) is 5.91 Å². The van der Waals surface area contributed by atoms with Crippen LogP contribution in [0.1, 0.15) is 16.8 Å². The molecule has 30 heavy (non-hydrogen) atoms. The van der Waals surface area contributed by atoms with E-state index in [1.807, 2.05) is 61.2 Å². The second-order valence-corrected chi connectivity index (χ2v) is 7.84. The number of hydrogen-bond donors (Lipinski definition) is 0. The lowest BCUT2D eigenvalue weighted by Crippen LogP contribution is -2.49. The third-order valence-corrected chi connectivity index (χ3v) is 5.86. The van der Waals surface area contributed by atoms with Gasteiger partial charge in [0.1, 0.15) is 11.5 Å². The van der Waals surface area contributed by atoms with E-state index in [0.717, 1.165) is 41.4 Å². The summed E-state index contributed by atoms with van der Waals surface area (Å²) in [5.74, 6) is 1.65. The van der Waals surface area contributed by atoms with Gasteiger partial charge in [-0.2, -0.15) is 0 Å². The Hall–Kier alpha value is -2.99. The molecule has 0 saturated carbocycles. The highest BCUT2D eigenvalue weighted by molar-refractivity contribution is 6.31. The van der Waals surface area contributed by atoms with Gasteiger partial charge in [0.15, 0.2) is 5.82 Å². The molecule has 3 aromatic rings. The van der Waals surface area contributed by atoms with Crippen LogP contribution in [0.2, 0.25) is 5.02 Å². The maximum atomic E-state index is 12.7. The normalized spacial score (nSPS) is 14.1. The molecule has 7 heteroatoms. The molecule has 6 nitrogen and oxygen atoms in total. The summed E-state index contributed by atoms with van der Waals surface area (Å²) in [6.07, 6.45) is 2.08. The van der Waals surface area contributed by atoms with Crippen LogP contribution in [0.3, 0.4) is 0 Å². The van der Waals surface area contributed by atoms with E-state index in [4.69, 9.17) is 16.6 Å². The zero-order valence-electron chi connectivity index (χ0n) is 17.2. The topological polar surface area (TPSA) is 62.2 Å². The van der Waals surface area contributed by atoms with Crippen LogP contribution in [0, 0.1) is 13.8 Å². The number of piperazine rings is 1. The van der Waals surface area contributed by atoms with Crippen molar-refractivity contribution in [3.63, 3.8) is 0 Å². The second kappa shape index (κ2) is 8.79. The lowest BCUT2D eigenvalue weighted by molar-refractivity contribution is -0.130. The zero-order valence-corrected chi connectivity index (χ0v) is 17.9. The molecule has 1 fully saturated rings. The van der Waals surface area contributed by atoms with Crippen LogP contribution in [0.25, 0.3) is 11.5 Å². The number of pyridine rings is 1. The molecule has 0 N–H and O–H groups in total. The fourth-order valence-corrected chi connectivity index (χ4v) is 3.82. The predicted molar refractivity (Wildman–Crippen MR) is 119 cm³/mol. The Bertz CT molecular complexity index is 1050. The molecule has 0 atom stereocenters. The average molecular weight is 422 g/mol. The van der Waals surface area contributed by atoms with Crippen LogP contribution in [0.4, 0.5) is 5.82 Å². The third-order valence-electron chi connectivity index (χ3n) is 5.49. The van der Waals surface area contributed by atoms with Gasteiger partial charge in [0.05, 0.1) is 6.42 Å². The molecule has 0 aliphatic carbocycles. The van der Waals surface area contributed by atoms with E-state index in [0.29, 0.717) is 30.4 Å². The number of nitrogens with zero attached hydrogens (tertiary/aromatic N) is 5. The molecule has 0 unspecified atom stereocenters. The number of aryl methyl sites for hydroxylation is 1. The second-order valence-electron chi connectivity index (χ2n) is 7.43. The van der Waals surface area contributed by atoms with Crippen molar-refractivity contribution >= 4 is 23.3 Å². The fraction of sp³-hybridized carbons (Fsp3) is 0.304. The van der Waals surface area contributed by atoms with Crippen molar-refractivity contribution in [2.24, 2.45) is 0 Å². The largest absolute Gasteiger partial charge is 0.353 e. The minimum atomic E-state index is 0.104. The number of carbonyl (C=O) groups is 1. The molecule has 1 saturated heterocycles. The molecular formula is C23H24ClN5O. The first-order valence-electron chi connectivity index (χ1n) is 10.1. The molecule has 3 heterocycles. The summed E-state index contributed by atoms with van der Waals surface area (Å²) in [6.45, 7) is 6.81. The van der Waals surface area contributed by atoms with E-state index in [1.54, 1.807) is 6.20 Å². The van der Waals surface area contributed by atoms with Gasteiger partial charge in [0.25, 0.3) is 0 Å². The number of aromatic nitrogens is 3. The SMILES string of the molecule is Cc1nc(-c2ccccn2)nc(N2CCN(C(=O)Cc3ccccc3Cl)CC2)c1C. The maximum Gasteiger partial charge on any atom is 0.227 e. The van der Waals surface area contributed by atoms with Crippen LogP contribution in [-0.4, -0.2) is 51.9 Å². The third kappa shape index (κ3) is 4.28. The van der Waals surface area contributed by atoms with Gasteiger partial charge in [-0.1, -0.05) is 35.9 Å². The smallest absolute Gasteiger partial charge is 0.227 e. The molecule has 0 radical (unpaired) electrons. The minimum Gasteiger partial charge on any atom is -0.353 e. The monoisotopic (exact) mass is 421 g/mol. The minimum absolute atomic E-state index is 0.104. The van der Waals surface area contributed by atoms with Crippen LogP contribution < -0.4 is 4.90 Å². The molecule has 1 amide bonds. The van der Waals surface area contributed by atoms with E-state index in [9.17, 15) is 4.79 Å². The molecule has 0 spiro atoms. The van der Waals surface area contributed by atoms with Crippen LogP contribution in [0.5, 0.6) is 0 Å². The van der Waals surface area contributed by atoms with E-state index in [2.05, 4.69) is 14.9 Å². The number of halogens is 1. The number of rotatable bonds is 4. The summed E-state index contributed by atoms with van der Waals surface area (Å²) in [5.41, 5.74) is 3.63. The summed E-state index contributed by atoms with van der Waals surface area (Å²) in [7, 11) is 0. The van der Waals surface area contributed by atoms with Crippen molar-refractivity contribution < 1.29 is 4.79 Å². The highest BCUT2D eigenvalue weighted by Crippen LogP contribution is 2.25. The number of carbonyl (C=O) groups excluding carboxylic acids is 1. The Morgan fingerprint density at radius 1 is 1.00 bits per heavy atom. The average Bonchev–Trinajstić information content (AvgIpc) is 2.78. The molecule has 1 aliphatic rings. The number of anilines is 1. The molecule has 2 aromatic heterocycles. The van der Waals surface area contributed by atoms with Crippen molar-refractivity contribution in [1.29, 1.82) is 0 Å². The summed E-state index contributed by atoms with van der Waals surface area (Å²) >= 11 is 6.21. The van der Waals surface area contributed by atoms with Crippen molar-refractivity contribution in [3.8, 4) is 11.5 Å². The number of hydrogen-bond acceptors (Lipinski definition) is 5. The Balaban J connectivity index is 1.47. The van der Waals surface area contributed by atoms with Crippen molar-refractivity contribution in [1.82, 2.24) is 19.9 Å². The standard InChI is InChI=1S/C23H24ClN5O/c1-16-17(2)26-22(20-9-5-6-10-25-20)27-23(16)29-13-11-28(12-14-29)21(30)15-18-7-3-4-8-19(18)24/h3-10H,11-15H2,1-2H3. The van der Waals surface area contributed by atoms with Gasteiger partial charge in [0.2, 0.25) is 5.91 Å². The molecule has 0 bridgehead atoms. The molecule has 4 rings (SSSR count). The highest BCUT2D eigenvalue weighted by Gasteiger charge is 2.24. The van der Waals surface area contributed by atoms with Gasteiger partial charge in [-0.15, -0.1) is 0 Å². The Kier molecular flexibility index (Phi) is 5.95. The number of benzene rings is 1. The first-order valence-corrected chi connectivity index (χ1v) is 10.4. The van der Waals surface area contributed by atoms with Crippen molar-refractivity contribution in [3.05, 3.63) is 70.5 Å². The first kappa shape index (κ1) is 20.3. The van der Waals surface area contributed by atoms with E-state index < -0.39 is 0 Å². The van der Waals surface area contributed by atoms with Gasteiger partial charge in [0, 0.05) is 48.7 Å². The summed E-state index contributed by atoms with van der Waals surface area (Å²) in [5, 5.41) is 0.638. The first-order chi connectivity index (χ1) is 14.5. The quantitative estimate of drug-likeness (QED) is 0.642. The highest BCUT2D eigenvalue weighted by atomic mass is 35.5. The zero-order chi connectivity index (χ0) is 21.1. The van der Waals surface area contributed by atoms with E-state index in [1.165, 1.54) is 0 Å². The molecular weight excluding hydrogens is 398 g/mol. The lowest BCUT2D eigenvalue weighted by Gasteiger charge is -2.36. The fourth-order valence-electron chi connectivity index (χ4n) is 3.62. The Morgan fingerprint density at radius 2 is 1.73 bits per heavy atom. The maximum absolute atomic E-state index is 12.7. The number of amides is 1. The predicted octanol–water partition coefficient (Wildman–Crippen LogP) is 3.70. The Morgan fingerprint density at radius 3 is 2.43 bits per heavy atom. The van der Waals surface area contributed by atoms with Crippen LogP contribution in [-0.2, 0) is 11.2 Å². The molecule has 1 aliphatic heterocycles. The molecule has 154 valence electrons. The van der Waals surface area contributed by atoms with Gasteiger partial charge in [-0.25, -0.2) is 9.97 Å². The van der Waals surface area contributed by atoms with E-state index >= 15 is 0 Å². The summed E-state index contributed by atoms with van der Waals surface area (Å²) < 4.78 is 0. The van der Waals surface area contributed by atoms with Gasteiger partial charge >= 0.3 is 0 Å². The molecule has 1 aromatic carbocycles. The van der Waals surface area contributed by atoms with Crippen LogP contribution >= 0.6 is 11.6 Å². The van der Waals surface area contributed by atoms with Gasteiger partial charge < -0.3 is 9.80 Å². The lowest BCUT2D eigenvalue weighted by atomic mass is 10.1. The van der Waals surface area contributed by atoms with Crippen molar-refractivity contribution in [2.75, 3.05) is 31.1 Å². The summed E-state index contributed by atoms with van der Waals surface area (Å²) in [4.78, 5) is 30.7. The van der Waals surface area contributed by atoms with Crippen molar-refractivity contribution in [2.45, 2.75) is 20.3 Å². The van der Waals surface area contributed by atoms with Gasteiger partial charge in [-0.3, -0.25) is 9.78 Å². The van der Waals surface area contributed by atoms with Crippen LogP contribution in [0.15, 0.2) is 48.7 Å². The van der Waals surface area contributed by atoms with Gasteiger partial charge in [-0.05, 0) is 37.6 Å².